The van der Waals surface area contributed by atoms with E-state index in [1.54, 1.807) is 0 Å². The molecule has 4 nitrogen and oxygen atoms in total. The van der Waals surface area contributed by atoms with Gasteiger partial charge in [0, 0.05) is 6.42 Å². The number of carbonyl (C=O) groups is 2. The van der Waals surface area contributed by atoms with Gasteiger partial charge in [0.1, 0.15) is 0 Å². The third-order valence-corrected chi connectivity index (χ3v) is 3.38. The molecule has 0 radical (unpaired) electrons. The van der Waals surface area contributed by atoms with Crippen molar-refractivity contribution in [3.8, 4) is 0 Å². The standard InChI is InChI=1S/C14H18N2O2/c1-9-3-4-11(10(2)7-9)8-16-13(17)6-5-12(15)14(16)18/h3-4,7,12H,5-6,8,15H2,1-2H3. The third kappa shape index (κ3) is 2.43. The SMILES string of the molecule is Cc1ccc(CN2C(=O)CCC(N)C2=O)c(C)c1. The van der Waals surface area contributed by atoms with E-state index in [-0.39, 0.29) is 11.8 Å². The van der Waals surface area contributed by atoms with Crippen molar-refractivity contribution in [2.75, 3.05) is 0 Å². The molecule has 1 fully saturated rings. The van der Waals surface area contributed by atoms with Crippen molar-refractivity contribution in [2.24, 2.45) is 5.73 Å². The van der Waals surface area contributed by atoms with Crippen LogP contribution >= 0.6 is 0 Å². The molecule has 18 heavy (non-hydrogen) atoms. The second kappa shape index (κ2) is 4.90. The van der Waals surface area contributed by atoms with E-state index < -0.39 is 6.04 Å². The number of nitrogens with two attached hydrogens (primary N) is 1. The molecule has 0 spiro atoms. The Morgan fingerprint density at radius 2 is 2.06 bits per heavy atom. The van der Waals surface area contributed by atoms with Gasteiger partial charge in [0.25, 0.3) is 0 Å². The van der Waals surface area contributed by atoms with Crippen LogP contribution < -0.4 is 5.73 Å². The van der Waals surface area contributed by atoms with Gasteiger partial charge in [-0.2, -0.15) is 0 Å². The number of piperidine rings is 1. The van der Waals surface area contributed by atoms with Gasteiger partial charge in [-0.3, -0.25) is 14.5 Å². The third-order valence-electron chi connectivity index (χ3n) is 3.38. The first kappa shape index (κ1) is 12.8. The summed E-state index contributed by atoms with van der Waals surface area (Å²) in [6.45, 7) is 4.34. The predicted octanol–water partition coefficient (Wildman–Crippen LogP) is 1.28. The molecule has 0 bridgehead atoms. The van der Waals surface area contributed by atoms with Gasteiger partial charge < -0.3 is 5.73 Å². The van der Waals surface area contributed by atoms with Crippen LogP contribution in [0.25, 0.3) is 0 Å². The van der Waals surface area contributed by atoms with Gasteiger partial charge >= 0.3 is 0 Å². The molecular formula is C14H18N2O2. The first-order valence-corrected chi connectivity index (χ1v) is 6.15. The molecule has 1 aromatic rings. The van der Waals surface area contributed by atoms with E-state index in [4.69, 9.17) is 5.73 Å². The summed E-state index contributed by atoms with van der Waals surface area (Å²) in [6.07, 6.45) is 0.818. The first-order chi connectivity index (χ1) is 8.49. The van der Waals surface area contributed by atoms with Crippen LogP contribution in [0.2, 0.25) is 0 Å². The number of nitrogens with zero attached hydrogens (tertiary/aromatic N) is 1. The summed E-state index contributed by atoms with van der Waals surface area (Å²) >= 11 is 0. The Balaban J connectivity index is 2.21. The number of carbonyl (C=O) groups excluding carboxylic acids is 2. The average molecular weight is 246 g/mol. The summed E-state index contributed by atoms with van der Waals surface area (Å²) in [5.74, 6) is -0.382. The minimum Gasteiger partial charge on any atom is -0.320 e. The lowest BCUT2D eigenvalue weighted by Gasteiger charge is -2.29. The van der Waals surface area contributed by atoms with Crippen molar-refractivity contribution in [3.63, 3.8) is 0 Å². The average Bonchev–Trinajstić information content (AvgIpc) is 2.32. The maximum absolute atomic E-state index is 11.9. The molecule has 1 unspecified atom stereocenters. The van der Waals surface area contributed by atoms with E-state index in [0.29, 0.717) is 19.4 Å². The molecule has 1 aromatic carbocycles. The lowest BCUT2D eigenvalue weighted by atomic mass is 10.0. The maximum Gasteiger partial charge on any atom is 0.246 e. The molecule has 0 aliphatic carbocycles. The quantitative estimate of drug-likeness (QED) is 0.799. The normalized spacial score (nSPS) is 20.4. The Bertz CT molecular complexity index is 497. The number of aryl methyl sites for hydroxylation is 2. The molecule has 1 saturated heterocycles. The Morgan fingerprint density at radius 1 is 1.33 bits per heavy atom. The van der Waals surface area contributed by atoms with Crippen LogP contribution in [0.1, 0.15) is 29.5 Å². The summed E-state index contributed by atoms with van der Waals surface area (Å²) in [5, 5.41) is 0. The van der Waals surface area contributed by atoms with Gasteiger partial charge in [-0.15, -0.1) is 0 Å². The molecule has 0 saturated carbocycles. The Labute approximate surface area is 107 Å². The van der Waals surface area contributed by atoms with Crippen molar-refractivity contribution >= 4 is 11.8 Å². The summed E-state index contributed by atoms with van der Waals surface area (Å²) in [5.41, 5.74) is 8.96. The van der Waals surface area contributed by atoms with E-state index in [0.717, 1.165) is 11.1 Å². The minimum atomic E-state index is -0.534. The van der Waals surface area contributed by atoms with Crippen molar-refractivity contribution in [1.29, 1.82) is 0 Å². The fraction of sp³-hybridized carbons (Fsp3) is 0.429. The lowest BCUT2D eigenvalue weighted by molar-refractivity contribution is -0.149. The van der Waals surface area contributed by atoms with E-state index >= 15 is 0 Å². The van der Waals surface area contributed by atoms with Crippen molar-refractivity contribution in [2.45, 2.75) is 39.3 Å². The molecule has 0 aromatic heterocycles. The Kier molecular flexibility index (Phi) is 3.48. The second-order valence-electron chi connectivity index (χ2n) is 4.89. The molecule has 1 heterocycles. The number of hydrogen-bond acceptors (Lipinski definition) is 3. The first-order valence-electron chi connectivity index (χ1n) is 6.15. The van der Waals surface area contributed by atoms with Crippen LogP contribution in [-0.2, 0) is 16.1 Å². The molecule has 1 aliphatic heterocycles. The molecule has 1 atom stereocenters. The van der Waals surface area contributed by atoms with Crippen LogP contribution in [0, 0.1) is 13.8 Å². The molecule has 2 amide bonds. The highest BCUT2D eigenvalue weighted by molar-refractivity contribution is 6.00. The van der Waals surface area contributed by atoms with Gasteiger partial charge in [-0.1, -0.05) is 23.8 Å². The summed E-state index contributed by atoms with van der Waals surface area (Å²) in [7, 11) is 0. The second-order valence-corrected chi connectivity index (χ2v) is 4.89. The van der Waals surface area contributed by atoms with Gasteiger partial charge in [-0.05, 0) is 31.4 Å². The minimum absolute atomic E-state index is 0.123. The van der Waals surface area contributed by atoms with E-state index in [1.807, 2.05) is 32.0 Å². The van der Waals surface area contributed by atoms with Crippen molar-refractivity contribution in [3.05, 3.63) is 34.9 Å². The number of imide groups is 1. The fourth-order valence-electron chi connectivity index (χ4n) is 2.22. The zero-order valence-corrected chi connectivity index (χ0v) is 10.8. The number of benzene rings is 1. The van der Waals surface area contributed by atoms with Crippen LogP contribution in [0.15, 0.2) is 18.2 Å². The monoisotopic (exact) mass is 246 g/mol. The number of hydrogen-bond donors (Lipinski definition) is 1. The highest BCUT2D eigenvalue weighted by Crippen LogP contribution is 2.18. The fourth-order valence-corrected chi connectivity index (χ4v) is 2.22. The highest BCUT2D eigenvalue weighted by Gasteiger charge is 2.31. The van der Waals surface area contributed by atoms with E-state index in [9.17, 15) is 9.59 Å². The van der Waals surface area contributed by atoms with Gasteiger partial charge in [-0.25, -0.2) is 0 Å². The molecule has 2 N–H and O–H groups in total. The highest BCUT2D eigenvalue weighted by atomic mass is 16.2. The molecule has 2 rings (SSSR count). The largest absolute Gasteiger partial charge is 0.320 e. The van der Waals surface area contributed by atoms with Crippen LogP contribution in [0.3, 0.4) is 0 Å². The Hall–Kier alpha value is -1.68. The predicted molar refractivity (Wildman–Crippen MR) is 68.7 cm³/mol. The van der Waals surface area contributed by atoms with E-state index in [1.165, 1.54) is 10.5 Å². The topological polar surface area (TPSA) is 63.4 Å². The van der Waals surface area contributed by atoms with Gasteiger partial charge in [0.2, 0.25) is 11.8 Å². The Morgan fingerprint density at radius 3 is 2.72 bits per heavy atom. The lowest BCUT2D eigenvalue weighted by Crippen LogP contribution is -2.50. The zero-order chi connectivity index (χ0) is 13.3. The van der Waals surface area contributed by atoms with Crippen molar-refractivity contribution < 1.29 is 9.59 Å². The zero-order valence-electron chi connectivity index (χ0n) is 10.8. The summed E-state index contributed by atoms with van der Waals surface area (Å²) in [6, 6.07) is 5.47. The van der Waals surface area contributed by atoms with Gasteiger partial charge in [0.15, 0.2) is 0 Å². The smallest absolute Gasteiger partial charge is 0.246 e. The summed E-state index contributed by atoms with van der Waals surface area (Å²) in [4.78, 5) is 25.0. The van der Waals surface area contributed by atoms with Crippen LogP contribution in [0.5, 0.6) is 0 Å². The molecular weight excluding hydrogens is 228 g/mol. The number of rotatable bonds is 2. The number of likely N-dealkylation sites (tertiary alicyclic amines) is 1. The molecule has 4 heteroatoms. The van der Waals surface area contributed by atoms with Crippen LogP contribution in [0.4, 0.5) is 0 Å². The van der Waals surface area contributed by atoms with Crippen molar-refractivity contribution in [1.82, 2.24) is 4.90 Å². The summed E-state index contributed by atoms with van der Waals surface area (Å²) < 4.78 is 0. The van der Waals surface area contributed by atoms with E-state index in [2.05, 4.69) is 0 Å². The molecule has 1 aliphatic rings. The number of amides is 2. The molecule has 96 valence electrons. The maximum atomic E-state index is 11.9. The van der Waals surface area contributed by atoms with Gasteiger partial charge in [0.05, 0.1) is 12.6 Å². The van der Waals surface area contributed by atoms with Crippen LogP contribution in [-0.4, -0.2) is 22.8 Å².